The molecule has 1 fully saturated rings. The average molecular weight is 238 g/mol. The summed E-state index contributed by atoms with van der Waals surface area (Å²) in [6, 6.07) is 0. The van der Waals surface area contributed by atoms with Crippen LogP contribution in [0, 0.1) is 0 Å². The first-order valence-corrected chi connectivity index (χ1v) is 5.69. The lowest BCUT2D eigenvalue weighted by Gasteiger charge is -2.40. The van der Waals surface area contributed by atoms with Gasteiger partial charge in [-0.15, -0.1) is 0 Å². The van der Waals surface area contributed by atoms with Crippen LogP contribution in [0.1, 0.15) is 29.6 Å². The first-order valence-electron chi connectivity index (χ1n) is 5.69. The predicted molar refractivity (Wildman–Crippen MR) is 63.5 cm³/mol. The molecule has 0 radical (unpaired) electrons. The molecule has 94 valence electrons. The highest BCUT2D eigenvalue weighted by Gasteiger charge is 2.37. The number of nitrogens with two attached hydrogens (primary N) is 1. The first-order chi connectivity index (χ1) is 8.08. The number of aryl methyl sites for hydroxylation is 1. The zero-order valence-electron chi connectivity index (χ0n) is 10.2. The SMILES string of the molecule is COC1(CNC(=O)c2cnn(C)c2N)CCC1. The third-order valence-corrected chi connectivity index (χ3v) is 3.50. The van der Waals surface area contributed by atoms with Crippen molar-refractivity contribution in [3.05, 3.63) is 11.8 Å². The molecule has 1 aromatic heterocycles. The monoisotopic (exact) mass is 238 g/mol. The van der Waals surface area contributed by atoms with Crippen molar-refractivity contribution in [3.63, 3.8) is 0 Å². The standard InChI is InChI=1S/C11H18N4O2/c1-15-9(12)8(6-14-15)10(16)13-7-11(17-2)4-3-5-11/h6H,3-5,7,12H2,1-2H3,(H,13,16). The van der Waals surface area contributed by atoms with Crippen molar-refractivity contribution in [1.82, 2.24) is 15.1 Å². The van der Waals surface area contributed by atoms with Crippen LogP contribution >= 0.6 is 0 Å². The van der Waals surface area contributed by atoms with Crippen molar-refractivity contribution in [2.45, 2.75) is 24.9 Å². The van der Waals surface area contributed by atoms with E-state index in [0.717, 1.165) is 19.3 Å². The Balaban J connectivity index is 1.96. The Morgan fingerprint density at radius 2 is 2.41 bits per heavy atom. The molecule has 0 bridgehead atoms. The molecule has 0 aliphatic heterocycles. The number of nitrogens with one attached hydrogen (secondary N) is 1. The van der Waals surface area contributed by atoms with Gasteiger partial charge >= 0.3 is 0 Å². The fourth-order valence-electron chi connectivity index (χ4n) is 1.98. The summed E-state index contributed by atoms with van der Waals surface area (Å²) in [5, 5.41) is 6.79. The van der Waals surface area contributed by atoms with Gasteiger partial charge in [0.1, 0.15) is 11.4 Å². The Morgan fingerprint density at radius 1 is 1.71 bits per heavy atom. The van der Waals surface area contributed by atoms with E-state index in [1.165, 1.54) is 10.9 Å². The summed E-state index contributed by atoms with van der Waals surface area (Å²) in [5.41, 5.74) is 5.97. The molecule has 0 atom stereocenters. The van der Waals surface area contributed by atoms with Gasteiger partial charge in [-0.1, -0.05) is 0 Å². The number of aromatic nitrogens is 2. The molecule has 2 rings (SSSR count). The summed E-state index contributed by atoms with van der Waals surface area (Å²) in [4.78, 5) is 11.9. The van der Waals surface area contributed by atoms with Crippen LogP contribution in [0.2, 0.25) is 0 Å². The number of nitrogens with zero attached hydrogens (tertiary/aromatic N) is 2. The second kappa shape index (κ2) is 4.37. The van der Waals surface area contributed by atoms with E-state index < -0.39 is 0 Å². The number of nitrogen functional groups attached to an aromatic ring is 1. The minimum absolute atomic E-state index is 0.174. The van der Waals surface area contributed by atoms with Crippen molar-refractivity contribution in [2.24, 2.45) is 7.05 Å². The number of carbonyl (C=O) groups excluding carboxylic acids is 1. The van der Waals surface area contributed by atoms with Crippen molar-refractivity contribution in [2.75, 3.05) is 19.4 Å². The molecule has 6 nitrogen and oxygen atoms in total. The average Bonchev–Trinajstić information content (AvgIpc) is 2.59. The van der Waals surface area contributed by atoms with Gasteiger partial charge in [0.2, 0.25) is 0 Å². The van der Waals surface area contributed by atoms with Gasteiger partial charge < -0.3 is 15.8 Å². The van der Waals surface area contributed by atoms with E-state index in [4.69, 9.17) is 10.5 Å². The van der Waals surface area contributed by atoms with E-state index in [1.807, 2.05) is 0 Å². The van der Waals surface area contributed by atoms with Crippen LogP contribution in [-0.4, -0.2) is 34.9 Å². The van der Waals surface area contributed by atoms with Gasteiger partial charge in [-0.05, 0) is 19.3 Å². The second-order valence-corrected chi connectivity index (χ2v) is 4.49. The number of ether oxygens (including phenoxy) is 1. The summed E-state index contributed by atoms with van der Waals surface area (Å²) in [6.45, 7) is 0.524. The van der Waals surface area contributed by atoms with Crippen LogP contribution in [-0.2, 0) is 11.8 Å². The molecule has 1 aromatic rings. The highest BCUT2D eigenvalue weighted by molar-refractivity contribution is 5.98. The molecule has 1 aliphatic carbocycles. The maximum absolute atomic E-state index is 11.9. The Morgan fingerprint density at radius 3 is 2.82 bits per heavy atom. The number of rotatable bonds is 4. The highest BCUT2D eigenvalue weighted by Crippen LogP contribution is 2.34. The fraction of sp³-hybridized carbons (Fsp3) is 0.636. The first kappa shape index (κ1) is 11.9. The fourth-order valence-corrected chi connectivity index (χ4v) is 1.98. The van der Waals surface area contributed by atoms with Gasteiger partial charge in [-0.2, -0.15) is 5.10 Å². The molecule has 1 amide bonds. The van der Waals surface area contributed by atoms with Crippen LogP contribution < -0.4 is 11.1 Å². The molecule has 1 saturated carbocycles. The topological polar surface area (TPSA) is 82.2 Å². The maximum atomic E-state index is 11.9. The van der Waals surface area contributed by atoms with E-state index in [2.05, 4.69) is 10.4 Å². The van der Waals surface area contributed by atoms with Crippen molar-refractivity contribution >= 4 is 11.7 Å². The zero-order valence-corrected chi connectivity index (χ0v) is 10.2. The van der Waals surface area contributed by atoms with Crippen LogP contribution in [0.25, 0.3) is 0 Å². The van der Waals surface area contributed by atoms with Crippen molar-refractivity contribution in [1.29, 1.82) is 0 Å². The molecule has 3 N–H and O–H groups in total. The lowest BCUT2D eigenvalue weighted by Crippen LogP contribution is -2.49. The van der Waals surface area contributed by atoms with Gasteiger partial charge in [-0.3, -0.25) is 9.48 Å². The van der Waals surface area contributed by atoms with E-state index in [1.54, 1.807) is 14.2 Å². The molecular weight excluding hydrogens is 220 g/mol. The molecule has 0 saturated heterocycles. The van der Waals surface area contributed by atoms with Crippen LogP contribution in [0.4, 0.5) is 5.82 Å². The third-order valence-electron chi connectivity index (χ3n) is 3.50. The maximum Gasteiger partial charge on any atom is 0.256 e. The van der Waals surface area contributed by atoms with Gasteiger partial charge in [-0.25, -0.2) is 0 Å². The Labute approximate surface area is 100 Å². The summed E-state index contributed by atoms with van der Waals surface area (Å²) < 4.78 is 6.91. The third kappa shape index (κ3) is 2.12. The lowest BCUT2D eigenvalue weighted by atomic mass is 9.80. The minimum Gasteiger partial charge on any atom is -0.383 e. The summed E-state index contributed by atoms with van der Waals surface area (Å²) >= 11 is 0. The van der Waals surface area contributed by atoms with Crippen molar-refractivity contribution in [3.8, 4) is 0 Å². The number of anilines is 1. The molecule has 6 heteroatoms. The number of hydrogen-bond acceptors (Lipinski definition) is 4. The van der Waals surface area contributed by atoms with Gasteiger partial charge in [0, 0.05) is 20.7 Å². The van der Waals surface area contributed by atoms with E-state index in [-0.39, 0.29) is 11.5 Å². The van der Waals surface area contributed by atoms with Gasteiger partial charge in [0.15, 0.2) is 0 Å². The Hall–Kier alpha value is -1.56. The minimum atomic E-state index is -0.195. The summed E-state index contributed by atoms with van der Waals surface area (Å²) in [6.07, 6.45) is 4.61. The Kier molecular flexibility index (Phi) is 3.06. The predicted octanol–water partition coefficient (Wildman–Crippen LogP) is 0.301. The van der Waals surface area contributed by atoms with E-state index in [0.29, 0.717) is 17.9 Å². The van der Waals surface area contributed by atoms with Crippen LogP contribution in [0.5, 0.6) is 0 Å². The highest BCUT2D eigenvalue weighted by atomic mass is 16.5. The smallest absolute Gasteiger partial charge is 0.256 e. The van der Waals surface area contributed by atoms with Crippen molar-refractivity contribution < 1.29 is 9.53 Å². The van der Waals surface area contributed by atoms with Crippen LogP contribution in [0.3, 0.4) is 0 Å². The van der Waals surface area contributed by atoms with Gasteiger partial charge in [0.05, 0.1) is 11.8 Å². The van der Waals surface area contributed by atoms with E-state index >= 15 is 0 Å². The molecule has 1 heterocycles. The summed E-state index contributed by atoms with van der Waals surface area (Å²) in [7, 11) is 3.39. The molecule has 0 unspecified atom stereocenters. The molecule has 1 aliphatic rings. The zero-order chi connectivity index (χ0) is 12.5. The molecule has 0 aromatic carbocycles. The number of hydrogen-bond donors (Lipinski definition) is 2. The quantitative estimate of drug-likeness (QED) is 0.790. The molecular formula is C11H18N4O2. The molecule has 0 spiro atoms. The number of amides is 1. The van der Waals surface area contributed by atoms with E-state index in [9.17, 15) is 4.79 Å². The summed E-state index contributed by atoms with van der Waals surface area (Å²) in [5.74, 6) is 0.182. The number of methoxy groups -OCH3 is 1. The lowest BCUT2D eigenvalue weighted by molar-refractivity contribution is -0.0679. The second-order valence-electron chi connectivity index (χ2n) is 4.49. The van der Waals surface area contributed by atoms with Crippen LogP contribution in [0.15, 0.2) is 6.20 Å². The largest absolute Gasteiger partial charge is 0.383 e. The van der Waals surface area contributed by atoms with Gasteiger partial charge in [0.25, 0.3) is 5.91 Å². The molecule has 17 heavy (non-hydrogen) atoms. The Bertz CT molecular complexity index is 418. The number of carbonyl (C=O) groups is 1. The normalized spacial score (nSPS) is 17.5.